The fourth-order valence-electron chi connectivity index (χ4n) is 0.799. The van der Waals surface area contributed by atoms with E-state index in [2.05, 4.69) is 26.2 Å². The van der Waals surface area contributed by atoms with E-state index in [1.165, 1.54) is 6.20 Å². The molecule has 0 saturated heterocycles. The summed E-state index contributed by atoms with van der Waals surface area (Å²) < 4.78 is 0.783. The quantitative estimate of drug-likeness (QED) is 0.845. The molecule has 3 nitrogen and oxygen atoms in total. The third-order valence-electron chi connectivity index (χ3n) is 1.35. The van der Waals surface area contributed by atoms with Gasteiger partial charge in [0.1, 0.15) is 0 Å². The van der Waals surface area contributed by atoms with Crippen LogP contribution in [-0.4, -0.2) is 23.3 Å². The zero-order chi connectivity index (χ0) is 9.68. The Morgan fingerprint density at radius 1 is 1.62 bits per heavy atom. The second-order valence-electron chi connectivity index (χ2n) is 2.34. The first-order valence-electron chi connectivity index (χ1n) is 3.69. The van der Waals surface area contributed by atoms with Crippen molar-refractivity contribution in [1.82, 2.24) is 10.3 Å². The number of halogens is 2. The molecule has 0 bridgehead atoms. The van der Waals surface area contributed by atoms with E-state index in [4.69, 9.17) is 11.6 Å². The molecule has 13 heavy (non-hydrogen) atoms. The maximum absolute atomic E-state index is 11.3. The number of aromatic nitrogens is 1. The number of hydrogen-bond donors (Lipinski definition) is 1. The van der Waals surface area contributed by atoms with Crippen molar-refractivity contribution >= 4 is 33.4 Å². The van der Waals surface area contributed by atoms with Crippen molar-refractivity contribution < 1.29 is 4.79 Å². The molecule has 0 aliphatic heterocycles. The molecule has 70 valence electrons. The Balaban J connectivity index is 2.66. The lowest BCUT2D eigenvalue weighted by molar-refractivity contribution is 0.0955. The SMILES string of the molecule is O=C(NCCCl)c1cncc(Br)c1. The molecule has 1 aromatic heterocycles. The first-order valence-corrected chi connectivity index (χ1v) is 5.01. The fourth-order valence-corrected chi connectivity index (χ4v) is 1.26. The molecule has 1 heterocycles. The minimum atomic E-state index is -0.158. The summed E-state index contributed by atoms with van der Waals surface area (Å²) in [5.41, 5.74) is 0.527. The number of carbonyl (C=O) groups is 1. The summed E-state index contributed by atoms with van der Waals surface area (Å²) in [5, 5.41) is 2.64. The molecule has 1 rings (SSSR count). The van der Waals surface area contributed by atoms with Crippen LogP contribution in [0.1, 0.15) is 10.4 Å². The summed E-state index contributed by atoms with van der Waals surface area (Å²) in [6, 6.07) is 1.70. The van der Waals surface area contributed by atoms with Gasteiger partial charge in [-0.15, -0.1) is 11.6 Å². The monoisotopic (exact) mass is 262 g/mol. The van der Waals surface area contributed by atoms with Gasteiger partial charge in [0.15, 0.2) is 0 Å². The van der Waals surface area contributed by atoms with Crippen LogP contribution in [0.3, 0.4) is 0 Å². The molecule has 1 aromatic rings. The number of rotatable bonds is 3. The number of pyridine rings is 1. The highest BCUT2D eigenvalue weighted by Crippen LogP contribution is 2.08. The molecule has 0 atom stereocenters. The number of alkyl halides is 1. The van der Waals surface area contributed by atoms with Crippen LogP contribution < -0.4 is 5.32 Å². The number of hydrogen-bond acceptors (Lipinski definition) is 2. The predicted octanol–water partition coefficient (Wildman–Crippen LogP) is 1.81. The van der Waals surface area contributed by atoms with E-state index in [0.717, 1.165) is 4.47 Å². The topological polar surface area (TPSA) is 42.0 Å². The maximum Gasteiger partial charge on any atom is 0.252 e. The van der Waals surface area contributed by atoms with Gasteiger partial charge in [-0.3, -0.25) is 9.78 Å². The second kappa shape index (κ2) is 5.19. The zero-order valence-electron chi connectivity index (χ0n) is 6.76. The molecule has 0 fully saturated rings. The smallest absolute Gasteiger partial charge is 0.252 e. The predicted molar refractivity (Wildman–Crippen MR) is 55.0 cm³/mol. The molecule has 0 aliphatic rings. The summed E-state index contributed by atoms with van der Waals surface area (Å²) in [5.74, 6) is 0.252. The van der Waals surface area contributed by atoms with Gasteiger partial charge < -0.3 is 5.32 Å². The van der Waals surface area contributed by atoms with Gasteiger partial charge in [-0.05, 0) is 22.0 Å². The Morgan fingerprint density at radius 2 is 2.38 bits per heavy atom. The van der Waals surface area contributed by atoms with Crippen molar-refractivity contribution in [3.05, 3.63) is 28.5 Å². The van der Waals surface area contributed by atoms with Crippen LogP contribution in [0.4, 0.5) is 0 Å². The Hall–Kier alpha value is -0.610. The van der Waals surface area contributed by atoms with Crippen molar-refractivity contribution in [2.24, 2.45) is 0 Å². The summed E-state index contributed by atoms with van der Waals surface area (Å²) in [6.07, 6.45) is 3.13. The van der Waals surface area contributed by atoms with E-state index in [1.54, 1.807) is 12.3 Å². The molecular formula is C8H8BrClN2O. The molecule has 0 spiro atoms. The molecular weight excluding hydrogens is 255 g/mol. The van der Waals surface area contributed by atoms with Gasteiger partial charge in [0.2, 0.25) is 0 Å². The summed E-state index contributed by atoms with van der Waals surface area (Å²) in [6.45, 7) is 0.465. The summed E-state index contributed by atoms with van der Waals surface area (Å²) in [4.78, 5) is 15.2. The van der Waals surface area contributed by atoms with Gasteiger partial charge in [-0.1, -0.05) is 0 Å². The van der Waals surface area contributed by atoms with Crippen molar-refractivity contribution in [3.63, 3.8) is 0 Å². The number of carbonyl (C=O) groups excluding carboxylic acids is 1. The Labute approximate surface area is 89.6 Å². The molecule has 0 saturated carbocycles. The maximum atomic E-state index is 11.3. The highest BCUT2D eigenvalue weighted by molar-refractivity contribution is 9.10. The van der Waals surface area contributed by atoms with Crippen LogP contribution in [0.25, 0.3) is 0 Å². The Bertz CT molecular complexity index is 306. The van der Waals surface area contributed by atoms with E-state index in [0.29, 0.717) is 18.0 Å². The highest BCUT2D eigenvalue weighted by atomic mass is 79.9. The van der Waals surface area contributed by atoms with Crippen molar-refractivity contribution in [2.75, 3.05) is 12.4 Å². The van der Waals surface area contributed by atoms with Crippen molar-refractivity contribution in [2.45, 2.75) is 0 Å². The fraction of sp³-hybridized carbons (Fsp3) is 0.250. The molecule has 1 amide bonds. The van der Waals surface area contributed by atoms with Crippen LogP contribution in [0.2, 0.25) is 0 Å². The van der Waals surface area contributed by atoms with Crippen LogP contribution >= 0.6 is 27.5 Å². The first-order chi connectivity index (χ1) is 6.24. The zero-order valence-corrected chi connectivity index (χ0v) is 9.10. The van der Waals surface area contributed by atoms with E-state index < -0.39 is 0 Å². The van der Waals surface area contributed by atoms with Gasteiger partial charge in [0, 0.05) is 29.3 Å². The first kappa shape index (κ1) is 10.5. The van der Waals surface area contributed by atoms with E-state index >= 15 is 0 Å². The molecule has 1 N–H and O–H groups in total. The molecule has 0 radical (unpaired) electrons. The third kappa shape index (κ3) is 3.32. The van der Waals surface area contributed by atoms with Crippen molar-refractivity contribution in [3.8, 4) is 0 Å². The number of amides is 1. The minimum Gasteiger partial charge on any atom is -0.351 e. The van der Waals surface area contributed by atoms with Crippen LogP contribution in [0.15, 0.2) is 22.9 Å². The largest absolute Gasteiger partial charge is 0.351 e. The minimum absolute atomic E-state index is 0.158. The standard InChI is InChI=1S/C8H8BrClN2O/c9-7-3-6(4-11-5-7)8(13)12-2-1-10/h3-5H,1-2H2,(H,12,13). The number of nitrogens with one attached hydrogen (secondary N) is 1. The Morgan fingerprint density at radius 3 is 3.00 bits per heavy atom. The third-order valence-corrected chi connectivity index (χ3v) is 1.97. The molecule has 5 heteroatoms. The van der Waals surface area contributed by atoms with Gasteiger partial charge in [-0.2, -0.15) is 0 Å². The highest BCUT2D eigenvalue weighted by Gasteiger charge is 2.04. The van der Waals surface area contributed by atoms with Gasteiger partial charge >= 0.3 is 0 Å². The van der Waals surface area contributed by atoms with E-state index in [1.807, 2.05) is 0 Å². The lowest BCUT2D eigenvalue weighted by atomic mass is 10.3. The normalized spacial score (nSPS) is 9.69. The van der Waals surface area contributed by atoms with E-state index in [-0.39, 0.29) is 5.91 Å². The van der Waals surface area contributed by atoms with Gasteiger partial charge in [0.05, 0.1) is 5.56 Å². The lowest BCUT2D eigenvalue weighted by Gasteiger charge is -2.01. The van der Waals surface area contributed by atoms with Gasteiger partial charge in [0.25, 0.3) is 5.91 Å². The molecule has 0 aromatic carbocycles. The van der Waals surface area contributed by atoms with E-state index in [9.17, 15) is 4.79 Å². The van der Waals surface area contributed by atoms with Crippen LogP contribution in [0.5, 0.6) is 0 Å². The average Bonchev–Trinajstić information content (AvgIpc) is 2.14. The lowest BCUT2D eigenvalue weighted by Crippen LogP contribution is -2.25. The summed E-state index contributed by atoms with van der Waals surface area (Å²) in [7, 11) is 0. The summed E-state index contributed by atoms with van der Waals surface area (Å²) >= 11 is 8.65. The van der Waals surface area contributed by atoms with Crippen molar-refractivity contribution in [1.29, 1.82) is 0 Å². The molecule has 0 aliphatic carbocycles. The average molecular weight is 264 g/mol. The number of nitrogens with zero attached hydrogens (tertiary/aromatic N) is 1. The van der Waals surface area contributed by atoms with Crippen LogP contribution in [-0.2, 0) is 0 Å². The van der Waals surface area contributed by atoms with Crippen LogP contribution in [0, 0.1) is 0 Å². The van der Waals surface area contributed by atoms with Gasteiger partial charge in [-0.25, -0.2) is 0 Å². The second-order valence-corrected chi connectivity index (χ2v) is 3.63. The Kier molecular flexibility index (Phi) is 4.18. The molecule has 0 unspecified atom stereocenters.